The molecule has 1 amide bonds. The number of benzene rings is 2. The van der Waals surface area contributed by atoms with E-state index >= 15 is 0 Å². The smallest absolute Gasteiger partial charge is 0.251 e. The molecule has 2 unspecified atom stereocenters. The molecule has 0 bridgehead atoms. The molecule has 0 fully saturated rings. The van der Waals surface area contributed by atoms with Crippen molar-refractivity contribution < 1.29 is 15.0 Å². The first-order valence-corrected chi connectivity index (χ1v) is 7.03. The number of nitrogen functional groups attached to an aromatic ring is 1. The summed E-state index contributed by atoms with van der Waals surface area (Å²) in [6.45, 7) is 1.52. The van der Waals surface area contributed by atoms with Crippen LogP contribution in [0, 0.1) is 6.92 Å². The minimum atomic E-state index is -1.01. The molecule has 0 aliphatic heterocycles. The van der Waals surface area contributed by atoms with Crippen molar-refractivity contribution >= 4 is 11.6 Å². The van der Waals surface area contributed by atoms with Crippen LogP contribution in [0.1, 0.15) is 27.6 Å². The van der Waals surface area contributed by atoms with E-state index in [-0.39, 0.29) is 12.5 Å². The van der Waals surface area contributed by atoms with E-state index in [2.05, 4.69) is 5.32 Å². The molecule has 22 heavy (non-hydrogen) atoms. The van der Waals surface area contributed by atoms with Gasteiger partial charge in [0.2, 0.25) is 0 Å². The molecule has 5 nitrogen and oxygen atoms in total. The maximum Gasteiger partial charge on any atom is 0.251 e. The molecule has 0 heterocycles. The Labute approximate surface area is 129 Å². The Kier molecular flexibility index (Phi) is 5.14. The first-order chi connectivity index (χ1) is 10.5. The summed E-state index contributed by atoms with van der Waals surface area (Å²) in [5.41, 5.74) is 8.22. The number of carbonyl (C=O) groups is 1. The van der Waals surface area contributed by atoms with Crippen molar-refractivity contribution in [3.63, 3.8) is 0 Å². The zero-order valence-corrected chi connectivity index (χ0v) is 12.4. The number of nitrogens with one attached hydrogen (secondary N) is 1. The number of rotatable bonds is 5. The van der Waals surface area contributed by atoms with Crippen LogP contribution in [0.5, 0.6) is 0 Å². The highest BCUT2D eigenvalue weighted by Gasteiger charge is 2.22. The number of aliphatic hydroxyl groups is 2. The van der Waals surface area contributed by atoms with E-state index in [1.165, 1.54) is 0 Å². The maximum atomic E-state index is 12.2. The molecule has 0 radical (unpaired) electrons. The number of carbonyl (C=O) groups excluding carboxylic acids is 1. The lowest BCUT2D eigenvalue weighted by atomic mass is 10.0. The summed E-state index contributed by atoms with van der Waals surface area (Å²) in [6.07, 6.45) is -1.01. The van der Waals surface area contributed by atoms with Gasteiger partial charge >= 0.3 is 0 Å². The van der Waals surface area contributed by atoms with E-state index in [1.807, 2.05) is 13.0 Å². The molecule has 116 valence electrons. The fourth-order valence-corrected chi connectivity index (χ4v) is 2.19. The Balaban J connectivity index is 2.11. The van der Waals surface area contributed by atoms with Crippen molar-refractivity contribution in [1.29, 1.82) is 0 Å². The Hall–Kier alpha value is -2.37. The quantitative estimate of drug-likeness (QED) is 0.628. The lowest BCUT2D eigenvalue weighted by Crippen LogP contribution is -2.42. The second kappa shape index (κ2) is 7.06. The van der Waals surface area contributed by atoms with Crippen LogP contribution in [0.25, 0.3) is 0 Å². The zero-order valence-electron chi connectivity index (χ0n) is 12.4. The van der Waals surface area contributed by atoms with Crippen LogP contribution in [0.4, 0.5) is 5.69 Å². The number of hydrogen-bond acceptors (Lipinski definition) is 4. The van der Waals surface area contributed by atoms with Crippen LogP contribution in [0.3, 0.4) is 0 Å². The Bertz CT molecular complexity index is 641. The third kappa shape index (κ3) is 3.84. The Morgan fingerprint density at radius 1 is 1.23 bits per heavy atom. The van der Waals surface area contributed by atoms with Gasteiger partial charge in [-0.25, -0.2) is 0 Å². The summed E-state index contributed by atoms with van der Waals surface area (Å²) in [7, 11) is 0. The Morgan fingerprint density at radius 3 is 2.50 bits per heavy atom. The molecular weight excluding hydrogens is 280 g/mol. The van der Waals surface area contributed by atoms with Crippen molar-refractivity contribution in [3.05, 3.63) is 65.2 Å². The number of nitrogens with two attached hydrogens (primary N) is 1. The number of anilines is 1. The summed E-state index contributed by atoms with van der Waals surface area (Å²) >= 11 is 0. The number of aliphatic hydroxyl groups excluding tert-OH is 2. The van der Waals surface area contributed by atoms with Crippen molar-refractivity contribution in [1.82, 2.24) is 5.32 Å². The summed E-state index contributed by atoms with van der Waals surface area (Å²) in [4.78, 5) is 12.2. The zero-order chi connectivity index (χ0) is 16.1. The van der Waals surface area contributed by atoms with Gasteiger partial charge < -0.3 is 21.3 Å². The van der Waals surface area contributed by atoms with Gasteiger partial charge in [0.05, 0.1) is 12.6 Å². The molecule has 2 aromatic carbocycles. The minimum Gasteiger partial charge on any atom is -0.399 e. The van der Waals surface area contributed by atoms with E-state index in [0.717, 1.165) is 5.56 Å². The van der Waals surface area contributed by atoms with Crippen LogP contribution < -0.4 is 11.1 Å². The van der Waals surface area contributed by atoms with Crippen LogP contribution in [0.2, 0.25) is 0 Å². The molecule has 0 aliphatic carbocycles. The van der Waals surface area contributed by atoms with Gasteiger partial charge in [-0.3, -0.25) is 4.79 Å². The van der Waals surface area contributed by atoms with Crippen molar-refractivity contribution in [2.45, 2.75) is 19.1 Å². The molecular formula is C17H20N2O3. The summed E-state index contributed by atoms with van der Waals surface area (Å²) < 4.78 is 0. The molecule has 0 aliphatic rings. The molecule has 0 aromatic heterocycles. The average Bonchev–Trinajstić information content (AvgIpc) is 2.52. The van der Waals surface area contributed by atoms with E-state index < -0.39 is 12.1 Å². The van der Waals surface area contributed by atoms with Crippen molar-refractivity contribution in [3.8, 4) is 0 Å². The molecule has 2 aromatic rings. The number of amides is 1. The SMILES string of the molecule is Cc1cccc(C(=O)NC(CO)C(O)c2ccc(N)cc2)c1. The highest BCUT2D eigenvalue weighted by Crippen LogP contribution is 2.18. The van der Waals surface area contributed by atoms with Crippen LogP contribution in [0.15, 0.2) is 48.5 Å². The Morgan fingerprint density at radius 2 is 1.91 bits per heavy atom. The van der Waals surface area contributed by atoms with Crippen LogP contribution in [-0.2, 0) is 0 Å². The molecule has 0 spiro atoms. The molecule has 0 saturated heterocycles. The monoisotopic (exact) mass is 300 g/mol. The lowest BCUT2D eigenvalue weighted by Gasteiger charge is -2.22. The highest BCUT2D eigenvalue weighted by atomic mass is 16.3. The summed E-state index contributed by atoms with van der Waals surface area (Å²) in [5, 5.41) is 22.4. The third-order valence-electron chi connectivity index (χ3n) is 3.45. The largest absolute Gasteiger partial charge is 0.399 e. The summed E-state index contributed by atoms with van der Waals surface area (Å²) in [5.74, 6) is -0.336. The summed E-state index contributed by atoms with van der Waals surface area (Å²) in [6, 6.07) is 13.0. The van der Waals surface area contributed by atoms with Gasteiger partial charge in [-0.2, -0.15) is 0 Å². The van der Waals surface area contributed by atoms with Gasteiger partial charge in [0, 0.05) is 11.3 Å². The average molecular weight is 300 g/mol. The number of hydrogen-bond donors (Lipinski definition) is 4. The molecule has 0 saturated carbocycles. The maximum absolute atomic E-state index is 12.2. The first-order valence-electron chi connectivity index (χ1n) is 7.03. The molecule has 2 rings (SSSR count). The van der Waals surface area contributed by atoms with E-state index in [0.29, 0.717) is 16.8 Å². The highest BCUT2D eigenvalue weighted by molar-refractivity contribution is 5.94. The lowest BCUT2D eigenvalue weighted by molar-refractivity contribution is 0.0703. The fraction of sp³-hybridized carbons (Fsp3) is 0.235. The second-order valence-corrected chi connectivity index (χ2v) is 5.24. The standard InChI is InChI=1S/C17H20N2O3/c1-11-3-2-4-13(9-11)17(22)19-15(10-20)16(21)12-5-7-14(18)8-6-12/h2-9,15-16,20-21H,10,18H2,1H3,(H,19,22). The van der Waals surface area contributed by atoms with Gasteiger partial charge in [0.1, 0.15) is 6.10 Å². The normalized spacial score (nSPS) is 13.4. The topological polar surface area (TPSA) is 95.6 Å². The van der Waals surface area contributed by atoms with Crippen LogP contribution in [-0.4, -0.2) is 28.8 Å². The van der Waals surface area contributed by atoms with Crippen molar-refractivity contribution in [2.24, 2.45) is 0 Å². The van der Waals surface area contributed by atoms with Gasteiger partial charge in [-0.05, 0) is 36.8 Å². The van der Waals surface area contributed by atoms with Gasteiger partial charge in [0.15, 0.2) is 0 Å². The molecule has 5 N–H and O–H groups in total. The second-order valence-electron chi connectivity index (χ2n) is 5.24. The number of aryl methyl sites for hydroxylation is 1. The van der Waals surface area contributed by atoms with Crippen LogP contribution >= 0.6 is 0 Å². The van der Waals surface area contributed by atoms with Gasteiger partial charge in [-0.1, -0.05) is 29.8 Å². The van der Waals surface area contributed by atoms with E-state index in [1.54, 1.807) is 42.5 Å². The third-order valence-corrected chi connectivity index (χ3v) is 3.45. The minimum absolute atomic E-state index is 0.336. The molecule has 5 heteroatoms. The van der Waals surface area contributed by atoms with Gasteiger partial charge in [-0.15, -0.1) is 0 Å². The molecule has 2 atom stereocenters. The van der Waals surface area contributed by atoms with E-state index in [9.17, 15) is 15.0 Å². The van der Waals surface area contributed by atoms with Crippen molar-refractivity contribution in [2.75, 3.05) is 12.3 Å². The predicted molar refractivity (Wildman–Crippen MR) is 85.3 cm³/mol. The van der Waals surface area contributed by atoms with E-state index in [4.69, 9.17) is 5.73 Å². The first kappa shape index (κ1) is 16.0. The van der Waals surface area contributed by atoms with Gasteiger partial charge in [0.25, 0.3) is 5.91 Å². The fourth-order valence-electron chi connectivity index (χ4n) is 2.19. The predicted octanol–water partition coefficient (Wildman–Crippen LogP) is 1.40.